The predicted octanol–water partition coefficient (Wildman–Crippen LogP) is 2.99. The van der Waals surface area contributed by atoms with Crippen LogP contribution in [-0.2, 0) is 6.61 Å². The fraction of sp³-hybridized carbons (Fsp3) is 0.375. The maximum Gasteiger partial charge on any atom is 0.276 e. The van der Waals surface area contributed by atoms with E-state index in [0.717, 1.165) is 13.1 Å². The molecule has 0 aliphatic carbocycles. The van der Waals surface area contributed by atoms with Gasteiger partial charge in [-0.15, -0.1) is 0 Å². The molecule has 1 aromatic carbocycles. The zero-order valence-corrected chi connectivity index (χ0v) is 14.6. The molecule has 0 saturated carbocycles. The van der Waals surface area contributed by atoms with Crippen molar-refractivity contribution < 1.29 is 14.1 Å². The van der Waals surface area contributed by atoms with Crippen LogP contribution in [0.25, 0.3) is 0 Å². The second-order valence-corrected chi connectivity index (χ2v) is 6.38. The number of hydrogen-bond acceptors (Lipinski definition) is 5. The molecule has 0 spiro atoms. The van der Waals surface area contributed by atoms with E-state index in [2.05, 4.69) is 10.5 Å². The number of aromatic nitrogens is 1. The van der Waals surface area contributed by atoms with Crippen molar-refractivity contribution in [2.24, 2.45) is 0 Å². The summed E-state index contributed by atoms with van der Waals surface area (Å²) in [4.78, 5) is 14.3. The summed E-state index contributed by atoms with van der Waals surface area (Å²) < 4.78 is 10.8. The lowest BCUT2D eigenvalue weighted by molar-refractivity contribution is 0.0645. The maximum absolute atomic E-state index is 12.5. The predicted molar refractivity (Wildman–Crippen MR) is 90.7 cm³/mol. The van der Waals surface area contributed by atoms with Crippen molar-refractivity contribution in [1.29, 1.82) is 0 Å². The van der Waals surface area contributed by atoms with Crippen molar-refractivity contribution in [2.75, 3.05) is 19.6 Å². The van der Waals surface area contributed by atoms with Crippen LogP contribution in [0.3, 0.4) is 0 Å². The molecule has 1 saturated heterocycles. The number of benzene rings is 1. The third kappa shape index (κ3) is 3.66. The minimum absolute atomic E-state index is 0.0842. The van der Waals surface area contributed by atoms with E-state index in [1.54, 1.807) is 29.2 Å². The highest BCUT2D eigenvalue weighted by atomic mass is 35.5. The Labute approximate surface area is 149 Å². The largest absolute Gasteiger partial charge is 0.482 e. The van der Waals surface area contributed by atoms with Crippen LogP contribution < -0.4 is 10.1 Å². The fourth-order valence-corrected chi connectivity index (χ4v) is 3.04. The number of carbonyl (C=O) groups is 1. The molecule has 1 atom stereocenters. The zero-order chi connectivity index (χ0) is 17.1. The first-order valence-corrected chi connectivity index (χ1v) is 8.36. The first-order valence-electron chi connectivity index (χ1n) is 7.60. The Hall–Kier alpha value is -1.76. The van der Waals surface area contributed by atoms with Crippen molar-refractivity contribution in [3.8, 4) is 5.75 Å². The van der Waals surface area contributed by atoms with Gasteiger partial charge < -0.3 is 19.5 Å². The topological polar surface area (TPSA) is 67.6 Å². The fourth-order valence-electron chi connectivity index (χ4n) is 2.54. The Bertz CT molecular complexity index is 715. The lowest BCUT2D eigenvalue weighted by atomic mass is 10.2. The van der Waals surface area contributed by atoms with Gasteiger partial charge in [0.15, 0.2) is 17.2 Å². The molecular weight excluding hydrogens is 353 g/mol. The lowest BCUT2D eigenvalue weighted by Gasteiger charge is -2.33. The van der Waals surface area contributed by atoms with E-state index >= 15 is 0 Å². The molecule has 3 rings (SSSR count). The molecular formula is C16H17Cl2N3O3. The summed E-state index contributed by atoms with van der Waals surface area (Å²) in [5.41, 5.74) is 0.271. The summed E-state index contributed by atoms with van der Waals surface area (Å²) in [7, 11) is 0. The van der Waals surface area contributed by atoms with Gasteiger partial charge in [0.1, 0.15) is 6.61 Å². The highest BCUT2D eigenvalue weighted by molar-refractivity contribution is 6.37. The highest BCUT2D eigenvalue weighted by Gasteiger charge is 2.26. The molecule has 1 aromatic heterocycles. The number of carbonyl (C=O) groups excluding carboxylic acids is 1. The van der Waals surface area contributed by atoms with E-state index in [0.29, 0.717) is 28.1 Å². The number of para-hydroxylation sites is 1. The van der Waals surface area contributed by atoms with E-state index < -0.39 is 0 Å². The number of nitrogens with zero attached hydrogens (tertiary/aromatic N) is 2. The molecule has 1 N–H and O–H groups in total. The van der Waals surface area contributed by atoms with Crippen LogP contribution in [0.2, 0.25) is 10.0 Å². The molecule has 0 unspecified atom stereocenters. The number of halogens is 2. The molecule has 1 aliphatic rings. The maximum atomic E-state index is 12.5. The lowest BCUT2D eigenvalue weighted by Crippen LogP contribution is -2.52. The van der Waals surface area contributed by atoms with Crippen LogP contribution in [-0.4, -0.2) is 41.6 Å². The number of amides is 1. The summed E-state index contributed by atoms with van der Waals surface area (Å²) in [5, 5.41) is 7.91. The van der Waals surface area contributed by atoms with Crippen molar-refractivity contribution >= 4 is 29.1 Å². The number of piperazine rings is 1. The molecule has 6 nitrogen and oxygen atoms in total. The van der Waals surface area contributed by atoms with Gasteiger partial charge in [0, 0.05) is 31.7 Å². The third-order valence-corrected chi connectivity index (χ3v) is 4.41. The Balaban J connectivity index is 1.66. The van der Waals surface area contributed by atoms with Crippen LogP contribution >= 0.6 is 23.2 Å². The number of ether oxygens (including phenoxy) is 1. The van der Waals surface area contributed by atoms with E-state index in [-0.39, 0.29) is 24.2 Å². The van der Waals surface area contributed by atoms with E-state index in [4.69, 9.17) is 32.5 Å². The Kier molecular flexibility index (Phi) is 5.28. The van der Waals surface area contributed by atoms with Gasteiger partial charge in [0.2, 0.25) is 0 Å². The molecule has 8 heteroatoms. The Morgan fingerprint density at radius 1 is 1.46 bits per heavy atom. The average molecular weight is 370 g/mol. The van der Waals surface area contributed by atoms with Gasteiger partial charge in [-0.05, 0) is 19.1 Å². The number of hydrogen-bond donors (Lipinski definition) is 1. The van der Waals surface area contributed by atoms with E-state index in [1.807, 2.05) is 6.92 Å². The molecule has 24 heavy (non-hydrogen) atoms. The molecule has 0 bridgehead atoms. The van der Waals surface area contributed by atoms with Crippen molar-refractivity contribution in [3.05, 3.63) is 45.8 Å². The van der Waals surface area contributed by atoms with Crippen molar-refractivity contribution in [3.63, 3.8) is 0 Å². The molecule has 2 heterocycles. The van der Waals surface area contributed by atoms with E-state index in [1.165, 1.54) is 0 Å². The third-order valence-electron chi connectivity index (χ3n) is 3.82. The summed E-state index contributed by atoms with van der Waals surface area (Å²) in [5.74, 6) is 0.660. The Morgan fingerprint density at radius 2 is 2.21 bits per heavy atom. The number of nitrogens with one attached hydrogen (secondary N) is 1. The van der Waals surface area contributed by atoms with Crippen LogP contribution in [0.4, 0.5) is 0 Å². The SMILES string of the molecule is C[C@H]1CNCCN1C(=O)c1cc(COc2c(Cl)cccc2Cl)on1. The van der Waals surface area contributed by atoms with Gasteiger partial charge in [-0.3, -0.25) is 4.79 Å². The zero-order valence-electron chi connectivity index (χ0n) is 13.1. The normalized spacial score (nSPS) is 17.8. The molecule has 128 valence electrons. The summed E-state index contributed by atoms with van der Waals surface area (Å²) in [6, 6.07) is 6.80. The summed E-state index contributed by atoms with van der Waals surface area (Å²) >= 11 is 12.1. The van der Waals surface area contributed by atoms with Crippen LogP contribution in [0.5, 0.6) is 5.75 Å². The molecule has 1 amide bonds. The minimum Gasteiger partial charge on any atom is -0.482 e. The van der Waals surface area contributed by atoms with Gasteiger partial charge in [0.05, 0.1) is 10.0 Å². The van der Waals surface area contributed by atoms with Gasteiger partial charge >= 0.3 is 0 Å². The summed E-state index contributed by atoms with van der Waals surface area (Å²) in [6.45, 7) is 4.27. The quantitative estimate of drug-likeness (QED) is 0.896. The van der Waals surface area contributed by atoms with Crippen LogP contribution in [0, 0.1) is 0 Å². The standard InChI is InChI=1S/C16H17Cl2N3O3/c1-10-8-19-5-6-21(10)16(22)14-7-11(24-20-14)9-23-15-12(17)3-2-4-13(15)18/h2-4,7,10,19H,5-6,8-9H2,1H3/t10-/m0/s1. The molecule has 0 radical (unpaired) electrons. The van der Waals surface area contributed by atoms with Gasteiger partial charge in [-0.2, -0.15) is 0 Å². The van der Waals surface area contributed by atoms with Crippen LogP contribution in [0.15, 0.2) is 28.8 Å². The number of rotatable bonds is 4. The van der Waals surface area contributed by atoms with Crippen molar-refractivity contribution in [2.45, 2.75) is 19.6 Å². The first-order chi connectivity index (χ1) is 11.6. The van der Waals surface area contributed by atoms with Crippen LogP contribution in [0.1, 0.15) is 23.2 Å². The molecule has 1 fully saturated rings. The highest BCUT2D eigenvalue weighted by Crippen LogP contribution is 2.32. The van der Waals surface area contributed by atoms with Gasteiger partial charge in [-0.25, -0.2) is 0 Å². The monoisotopic (exact) mass is 369 g/mol. The minimum atomic E-state index is -0.144. The first kappa shape index (κ1) is 17.1. The van der Waals surface area contributed by atoms with E-state index in [9.17, 15) is 4.79 Å². The van der Waals surface area contributed by atoms with Crippen molar-refractivity contribution in [1.82, 2.24) is 15.4 Å². The van der Waals surface area contributed by atoms with Gasteiger partial charge in [-0.1, -0.05) is 34.4 Å². The Morgan fingerprint density at radius 3 is 2.92 bits per heavy atom. The second-order valence-electron chi connectivity index (χ2n) is 5.57. The average Bonchev–Trinajstić information content (AvgIpc) is 3.03. The molecule has 1 aliphatic heterocycles. The second kappa shape index (κ2) is 7.42. The summed E-state index contributed by atoms with van der Waals surface area (Å²) in [6.07, 6.45) is 0. The smallest absolute Gasteiger partial charge is 0.276 e. The van der Waals surface area contributed by atoms with Gasteiger partial charge in [0.25, 0.3) is 5.91 Å². The molecule has 2 aromatic rings.